The van der Waals surface area contributed by atoms with Crippen molar-refractivity contribution in [3.63, 3.8) is 0 Å². The van der Waals surface area contributed by atoms with Crippen LogP contribution in [0.4, 0.5) is 0 Å². The first-order chi connectivity index (χ1) is 15.0. The standard InChI is InChI=1S/C27H32N2O2/c1-4-25(27(31)28-20(2)3)29(19-21-11-6-5-7-12-21)26(30)18-17-23-15-10-14-22-13-8-9-16-24(22)23/h5-16,20,25H,4,17-19H2,1-3H3,(H,28,31)/t25-/m0/s1. The summed E-state index contributed by atoms with van der Waals surface area (Å²) in [5, 5.41) is 5.33. The summed E-state index contributed by atoms with van der Waals surface area (Å²) in [7, 11) is 0. The third-order valence-corrected chi connectivity index (χ3v) is 5.50. The van der Waals surface area contributed by atoms with Gasteiger partial charge in [-0.2, -0.15) is 0 Å². The van der Waals surface area contributed by atoms with Gasteiger partial charge >= 0.3 is 0 Å². The summed E-state index contributed by atoms with van der Waals surface area (Å²) >= 11 is 0. The van der Waals surface area contributed by atoms with Gasteiger partial charge in [0.1, 0.15) is 6.04 Å². The summed E-state index contributed by atoms with van der Waals surface area (Å²) in [5.41, 5.74) is 2.18. The minimum absolute atomic E-state index is 0.00235. The van der Waals surface area contributed by atoms with E-state index < -0.39 is 6.04 Å². The summed E-state index contributed by atoms with van der Waals surface area (Å²) in [6, 6.07) is 23.9. The van der Waals surface area contributed by atoms with Crippen LogP contribution < -0.4 is 5.32 Å². The van der Waals surface area contributed by atoms with Gasteiger partial charge in [0.15, 0.2) is 0 Å². The van der Waals surface area contributed by atoms with Crippen LogP contribution in [-0.4, -0.2) is 28.8 Å². The molecule has 0 heterocycles. The second-order valence-electron chi connectivity index (χ2n) is 8.23. The molecular formula is C27H32N2O2. The molecule has 0 aliphatic carbocycles. The lowest BCUT2D eigenvalue weighted by atomic mass is 10.00. The van der Waals surface area contributed by atoms with Crippen LogP contribution in [0.1, 0.15) is 44.7 Å². The molecule has 4 nitrogen and oxygen atoms in total. The van der Waals surface area contributed by atoms with E-state index in [0.717, 1.165) is 11.1 Å². The molecule has 162 valence electrons. The van der Waals surface area contributed by atoms with Gasteiger partial charge in [0.05, 0.1) is 0 Å². The third-order valence-electron chi connectivity index (χ3n) is 5.50. The van der Waals surface area contributed by atoms with Gasteiger partial charge in [-0.05, 0) is 48.6 Å². The molecule has 0 spiro atoms. The highest BCUT2D eigenvalue weighted by Gasteiger charge is 2.28. The quantitative estimate of drug-likeness (QED) is 0.527. The first-order valence-corrected chi connectivity index (χ1v) is 11.1. The first kappa shape index (κ1) is 22.5. The Labute approximate surface area is 185 Å². The summed E-state index contributed by atoms with van der Waals surface area (Å²) < 4.78 is 0. The monoisotopic (exact) mass is 416 g/mol. The number of amides is 2. The number of aryl methyl sites for hydroxylation is 1. The van der Waals surface area contributed by atoms with Crippen molar-refractivity contribution >= 4 is 22.6 Å². The SMILES string of the molecule is CC[C@@H](C(=O)NC(C)C)N(Cc1ccccc1)C(=O)CCc1cccc2ccccc12. The minimum atomic E-state index is -0.484. The number of carbonyl (C=O) groups excluding carboxylic acids is 2. The molecular weight excluding hydrogens is 384 g/mol. The van der Waals surface area contributed by atoms with E-state index in [-0.39, 0.29) is 17.9 Å². The average molecular weight is 417 g/mol. The number of benzene rings is 3. The molecule has 2 amide bonds. The fourth-order valence-corrected chi connectivity index (χ4v) is 3.98. The Morgan fingerprint density at radius 3 is 2.29 bits per heavy atom. The summed E-state index contributed by atoms with van der Waals surface area (Å²) in [6.07, 6.45) is 1.59. The number of nitrogens with one attached hydrogen (secondary N) is 1. The van der Waals surface area contributed by atoms with E-state index in [4.69, 9.17) is 0 Å². The highest BCUT2D eigenvalue weighted by Crippen LogP contribution is 2.21. The second kappa shape index (κ2) is 10.8. The van der Waals surface area contributed by atoms with Gasteiger partial charge < -0.3 is 10.2 Å². The van der Waals surface area contributed by atoms with Gasteiger partial charge in [-0.1, -0.05) is 79.7 Å². The zero-order valence-electron chi connectivity index (χ0n) is 18.7. The van der Waals surface area contributed by atoms with Crippen molar-refractivity contribution in [2.24, 2.45) is 0 Å². The minimum Gasteiger partial charge on any atom is -0.352 e. The molecule has 0 aliphatic heterocycles. The van der Waals surface area contributed by atoms with E-state index in [2.05, 4.69) is 29.6 Å². The highest BCUT2D eigenvalue weighted by atomic mass is 16.2. The lowest BCUT2D eigenvalue weighted by Crippen LogP contribution is -2.50. The summed E-state index contributed by atoms with van der Waals surface area (Å²) in [5.74, 6) is -0.0884. The lowest BCUT2D eigenvalue weighted by molar-refractivity contribution is -0.141. The molecule has 0 aromatic heterocycles. The molecule has 0 unspecified atom stereocenters. The van der Waals surface area contributed by atoms with E-state index in [0.29, 0.717) is 25.8 Å². The van der Waals surface area contributed by atoms with Crippen molar-refractivity contribution in [1.82, 2.24) is 10.2 Å². The van der Waals surface area contributed by atoms with Crippen molar-refractivity contribution in [3.05, 3.63) is 83.9 Å². The molecule has 31 heavy (non-hydrogen) atoms. The first-order valence-electron chi connectivity index (χ1n) is 11.1. The molecule has 3 aromatic carbocycles. The molecule has 0 saturated carbocycles. The Kier molecular flexibility index (Phi) is 7.82. The third kappa shape index (κ3) is 5.94. The maximum Gasteiger partial charge on any atom is 0.243 e. The number of nitrogens with zero attached hydrogens (tertiary/aromatic N) is 1. The molecule has 0 radical (unpaired) electrons. The largest absolute Gasteiger partial charge is 0.352 e. The molecule has 0 bridgehead atoms. The van der Waals surface area contributed by atoms with Crippen LogP contribution in [0.15, 0.2) is 72.8 Å². The van der Waals surface area contributed by atoms with Crippen LogP contribution in [0, 0.1) is 0 Å². The number of fused-ring (bicyclic) bond motifs is 1. The van der Waals surface area contributed by atoms with Crippen molar-refractivity contribution in [1.29, 1.82) is 0 Å². The van der Waals surface area contributed by atoms with E-state index in [1.54, 1.807) is 4.90 Å². The van der Waals surface area contributed by atoms with Crippen LogP contribution in [0.5, 0.6) is 0 Å². The predicted molar refractivity (Wildman–Crippen MR) is 127 cm³/mol. The van der Waals surface area contributed by atoms with Gasteiger partial charge in [0.25, 0.3) is 0 Å². The Bertz CT molecular complexity index is 1010. The van der Waals surface area contributed by atoms with Crippen LogP contribution in [0.3, 0.4) is 0 Å². The number of carbonyl (C=O) groups is 2. The fourth-order valence-electron chi connectivity index (χ4n) is 3.98. The van der Waals surface area contributed by atoms with E-state index >= 15 is 0 Å². The van der Waals surface area contributed by atoms with E-state index in [1.165, 1.54) is 10.8 Å². The van der Waals surface area contributed by atoms with Crippen LogP contribution >= 0.6 is 0 Å². The van der Waals surface area contributed by atoms with Crippen molar-refractivity contribution < 1.29 is 9.59 Å². The molecule has 3 aromatic rings. The topological polar surface area (TPSA) is 49.4 Å². The molecule has 1 N–H and O–H groups in total. The van der Waals surface area contributed by atoms with Crippen LogP contribution in [0.25, 0.3) is 10.8 Å². The van der Waals surface area contributed by atoms with Crippen molar-refractivity contribution in [2.75, 3.05) is 0 Å². The highest BCUT2D eigenvalue weighted by molar-refractivity contribution is 5.89. The predicted octanol–water partition coefficient (Wildman–Crippen LogP) is 5.10. The molecule has 3 rings (SSSR count). The smallest absolute Gasteiger partial charge is 0.243 e. The Morgan fingerprint density at radius 1 is 0.903 bits per heavy atom. The Hall–Kier alpha value is -3.14. The zero-order chi connectivity index (χ0) is 22.2. The molecule has 0 aliphatic rings. The van der Waals surface area contributed by atoms with Crippen molar-refractivity contribution in [2.45, 2.75) is 58.7 Å². The fraction of sp³-hybridized carbons (Fsp3) is 0.333. The number of rotatable bonds is 9. The normalized spacial score (nSPS) is 12.0. The van der Waals surface area contributed by atoms with E-state index in [9.17, 15) is 9.59 Å². The second-order valence-corrected chi connectivity index (χ2v) is 8.23. The van der Waals surface area contributed by atoms with Crippen LogP contribution in [-0.2, 0) is 22.6 Å². The summed E-state index contributed by atoms with van der Waals surface area (Å²) in [6.45, 7) is 6.27. The maximum absolute atomic E-state index is 13.4. The average Bonchev–Trinajstić information content (AvgIpc) is 2.77. The molecule has 0 saturated heterocycles. The number of hydrogen-bond donors (Lipinski definition) is 1. The molecule has 0 fully saturated rings. The van der Waals surface area contributed by atoms with E-state index in [1.807, 2.05) is 69.3 Å². The number of hydrogen-bond acceptors (Lipinski definition) is 2. The Morgan fingerprint density at radius 2 is 1.58 bits per heavy atom. The molecule has 1 atom stereocenters. The maximum atomic E-state index is 13.4. The Balaban J connectivity index is 1.81. The van der Waals surface area contributed by atoms with Gasteiger partial charge in [0, 0.05) is 19.0 Å². The zero-order valence-corrected chi connectivity index (χ0v) is 18.7. The van der Waals surface area contributed by atoms with Gasteiger partial charge in [-0.3, -0.25) is 9.59 Å². The van der Waals surface area contributed by atoms with Gasteiger partial charge in [-0.15, -0.1) is 0 Å². The molecule has 4 heteroatoms. The van der Waals surface area contributed by atoms with Crippen molar-refractivity contribution in [3.8, 4) is 0 Å². The van der Waals surface area contributed by atoms with Crippen LogP contribution in [0.2, 0.25) is 0 Å². The van der Waals surface area contributed by atoms with Gasteiger partial charge in [0.2, 0.25) is 11.8 Å². The van der Waals surface area contributed by atoms with Gasteiger partial charge in [-0.25, -0.2) is 0 Å². The summed E-state index contributed by atoms with van der Waals surface area (Å²) in [4.78, 5) is 28.0. The lowest BCUT2D eigenvalue weighted by Gasteiger charge is -2.31.